The van der Waals surface area contributed by atoms with Gasteiger partial charge in [0, 0.05) is 18.3 Å². The van der Waals surface area contributed by atoms with Gasteiger partial charge < -0.3 is 19.3 Å². The van der Waals surface area contributed by atoms with Gasteiger partial charge in [0.1, 0.15) is 5.75 Å². The topological polar surface area (TPSA) is 47.9 Å². The number of methoxy groups -OCH3 is 1. The second-order valence-corrected chi connectivity index (χ2v) is 15.4. The number of aliphatic hydroxyl groups excluding tert-OH is 1. The Balaban J connectivity index is 0.000000168. The van der Waals surface area contributed by atoms with Crippen LogP contribution in [0, 0.1) is 35.5 Å². The van der Waals surface area contributed by atoms with Crippen molar-refractivity contribution in [1.29, 1.82) is 0 Å². The first kappa shape index (κ1) is 31.6. The quantitative estimate of drug-likeness (QED) is 0.357. The third-order valence-corrected chi connectivity index (χ3v) is 11.6. The van der Waals surface area contributed by atoms with Crippen LogP contribution in [0.1, 0.15) is 95.2 Å². The molecule has 4 heteroatoms. The van der Waals surface area contributed by atoms with E-state index in [-0.39, 0.29) is 22.7 Å². The number of hydrogen-bond acceptors (Lipinski definition) is 4. The molecule has 3 saturated carbocycles. The zero-order chi connectivity index (χ0) is 31.0. The van der Waals surface area contributed by atoms with Crippen molar-refractivity contribution in [1.82, 2.24) is 0 Å². The standard InChI is InChI=1S/C23H36O3.C17H18O/c1-21(2)13-25-23(26-14-21)11-9-16-15(12-23)4-5-18-17(16)8-10-22(3)19(18)6-7-20(22)24;1-14-6-8-15(9-7-14)4-3-5-16-10-12-17(18-2)13-11-16/h15,18-20,24H,4-14H2,1-3H3;3-4,6-13H,5H2,1-2H3/b;4-3+. The molecule has 1 aliphatic heterocycles. The molecule has 4 nitrogen and oxygen atoms in total. The summed E-state index contributed by atoms with van der Waals surface area (Å²) in [5.41, 5.74) is 7.73. The van der Waals surface area contributed by atoms with Crippen LogP contribution in [0.3, 0.4) is 0 Å². The van der Waals surface area contributed by atoms with Gasteiger partial charge in [0.15, 0.2) is 5.79 Å². The molecule has 44 heavy (non-hydrogen) atoms. The molecule has 0 aromatic heterocycles. The smallest absolute Gasteiger partial charge is 0.169 e. The average molecular weight is 599 g/mol. The zero-order valence-electron chi connectivity index (χ0n) is 27.7. The monoisotopic (exact) mass is 598 g/mol. The van der Waals surface area contributed by atoms with Crippen LogP contribution in [-0.4, -0.2) is 37.3 Å². The van der Waals surface area contributed by atoms with E-state index in [0.29, 0.717) is 11.8 Å². The third-order valence-electron chi connectivity index (χ3n) is 11.6. The summed E-state index contributed by atoms with van der Waals surface area (Å²) in [7, 11) is 1.69. The van der Waals surface area contributed by atoms with E-state index in [2.05, 4.69) is 76.2 Å². The SMILES string of the molecule is CC1(C)COC2(CCC3=C4CCC5(C)C(O)CCC5C4CCC3C2)OC1.COc1ccc(C/C=C/c2ccc(C)cc2)cc1. The number of benzene rings is 2. The van der Waals surface area contributed by atoms with Gasteiger partial charge in [-0.25, -0.2) is 0 Å². The highest BCUT2D eigenvalue weighted by atomic mass is 16.7. The summed E-state index contributed by atoms with van der Waals surface area (Å²) in [4.78, 5) is 0. The molecular formula is C40H54O4. The van der Waals surface area contributed by atoms with Gasteiger partial charge in [0.05, 0.1) is 26.4 Å². The molecule has 0 amide bonds. The fourth-order valence-electron chi connectivity index (χ4n) is 8.84. The van der Waals surface area contributed by atoms with Gasteiger partial charge in [-0.1, -0.05) is 86.0 Å². The van der Waals surface area contributed by atoms with Crippen molar-refractivity contribution in [3.63, 3.8) is 0 Å². The summed E-state index contributed by atoms with van der Waals surface area (Å²) >= 11 is 0. The summed E-state index contributed by atoms with van der Waals surface area (Å²) in [6.07, 6.45) is 15.8. The molecule has 1 saturated heterocycles. The van der Waals surface area contributed by atoms with Crippen LogP contribution in [0.4, 0.5) is 0 Å². The van der Waals surface area contributed by atoms with Gasteiger partial charge in [-0.2, -0.15) is 0 Å². The Morgan fingerprint density at radius 3 is 2.27 bits per heavy atom. The largest absolute Gasteiger partial charge is 0.497 e. The van der Waals surface area contributed by atoms with E-state index in [9.17, 15) is 5.11 Å². The minimum Gasteiger partial charge on any atom is -0.497 e. The predicted octanol–water partition coefficient (Wildman–Crippen LogP) is 9.09. The van der Waals surface area contributed by atoms with E-state index in [1.165, 1.54) is 55.2 Å². The Hall–Kier alpha value is -2.40. The van der Waals surface area contributed by atoms with Gasteiger partial charge in [0.2, 0.25) is 0 Å². The Bertz CT molecular complexity index is 1330. The van der Waals surface area contributed by atoms with Crippen LogP contribution in [0.2, 0.25) is 0 Å². The highest BCUT2D eigenvalue weighted by Crippen LogP contribution is 2.61. The van der Waals surface area contributed by atoms with Crippen LogP contribution in [-0.2, 0) is 15.9 Å². The molecule has 1 heterocycles. The lowest BCUT2D eigenvalue weighted by Crippen LogP contribution is -2.51. The molecule has 0 bridgehead atoms. The number of ether oxygens (including phenoxy) is 3. The van der Waals surface area contributed by atoms with Crippen molar-refractivity contribution in [2.75, 3.05) is 20.3 Å². The Morgan fingerprint density at radius 2 is 1.57 bits per heavy atom. The second-order valence-electron chi connectivity index (χ2n) is 15.4. The highest BCUT2D eigenvalue weighted by molar-refractivity contribution is 5.50. The Morgan fingerprint density at radius 1 is 0.864 bits per heavy atom. The summed E-state index contributed by atoms with van der Waals surface area (Å²) < 4.78 is 17.8. The van der Waals surface area contributed by atoms with Gasteiger partial charge in [-0.05, 0) is 105 Å². The van der Waals surface area contributed by atoms with Crippen molar-refractivity contribution in [2.24, 2.45) is 28.6 Å². The summed E-state index contributed by atoms with van der Waals surface area (Å²) in [6, 6.07) is 16.7. The molecule has 2 aromatic rings. The van der Waals surface area contributed by atoms with Crippen LogP contribution in [0.5, 0.6) is 5.75 Å². The molecule has 4 aliphatic carbocycles. The molecule has 1 N–H and O–H groups in total. The number of allylic oxidation sites excluding steroid dienone is 3. The maximum Gasteiger partial charge on any atom is 0.169 e. The number of hydrogen-bond donors (Lipinski definition) is 1. The molecule has 5 aliphatic rings. The number of aliphatic hydroxyl groups is 1. The molecule has 238 valence electrons. The van der Waals surface area contributed by atoms with Crippen LogP contribution in [0.15, 0.2) is 65.8 Å². The first-order valence-corrected chi connectivity index (χ1v) is 17.1. The van der Waals surface area contributed by atoms with Crippen molar-refractivity contribution in [2.45, 2.75) is 104 Å². The van der Waals surface area contributed by atoms with Crippen LogP contribution >= 0.6 is 0 Å². The van der Waals surface area contributed by atoms with Gasteiger partial charge in [-0.15, -0.1) is 0 Å². The lowest BCUT2D eigenvalue weighted by molar-refractivity contribution is -0.312. The summed E-state index contributed by atoms with van der Waals surface area (Å²) in [5.74, 6) is 2.74. The average Bonchev–Trinajstić information content (AvgIpc) is 3.34. The molecule has 1 spiro atoms. The first-order valence-electron chi connectivity index (χ1n) is 17.1. The van der Waals surface area contributed by atoms with E-state index < -0.39 is 0 Å². The predicted molar refractivity (Wildman–Crippen MR) is 178 cm³/mol. The molecule has 5 unspecified atom stereocenters. The summed E-state index contributed by atoms with van der Waals surface area (Å²) in [6.45, 7) is 10.6. The molecule has 4 fully saturated rings. The fourth-order valence-corrected chi connectivity index (χ4v) is 8.84. The van der Waals surface area contributed by atoms with E-state index in [0.717, 1.165) is 50.6 Å². The molecule has 2 aromatic carbocycles. The lowest BCUT2D eigenvalue weighted by atomic mass is 9.56. The van der Waals surface area contributed by atoms with Gasteiger partial charge in [-0.3, -0.25) is 0 Å². The fraction of sp³-hybridized carbons (Fsp3) is 0.600. The lowest BCUT2D eigenvalue weighted by Gasteiger charge is -2.53. The highest BCUT2D eigenvalue weighted by Gasteiger charge is 2.55. The number of rotatable bonds is 4. The molecular weight excluding hydrogens is 544 g/mol. The van der Waals surface area contributed by atoms with Crippen LogP contribution < -0.4 is 4.74 Å². The second kappa shape index (κ2) is 12.8. The Labute approximate surface area is 265 Å². The van der Waals surface area contributed by atoms with Crippen molar-refractivity contribution >= 4 is 6.08 Å². The van der Waals surface area contributed by atoms with E-state index in [1.54, 1.807) is 18.3 Å². The molecule has 5 atom stereocenters. The number of aryl methyl sites for hydroxylation is 1. The number of fused-ring (bicyclic) bond motifs is 4. The normalized spacial score (nSPS) is 32.0. The Kier molecular flexibility index (Phi) is 9.17. The zero-order valence-corrected chi connectivity index (χ0v) is 27.7. The summed E-state index contributed by atoms with van der Waals surface area (Å²) in [5, 5.41) is 10.6. The van der Waals surface area contributed by atoms with E-state index in [1.807, 2.05) is 12.1 Å². The van der Waals surface area contributed by atoms with E-state index in [4.69, 9.17) is 14.2 Å². The van der Waals surface area contributed by atoms with Crippen molar-refractivity contribution in [3.8, 4) is 5.75 Å². The molecule has 0 radical (unpaired) electrons. The van der Waals surface area contributed by atoms with Gasteiger partial charge in [0.25, 0.3) is 0 Å². The van der Waals surface area contributed by atoms with E-state index >= 15 is 0 Å². The molecule has 7 rings (SSSR count). The van der Waals surface area contributed by atoms with Gasteiger partial charge >= 0.3 is 0 Å². The maximum absolute atomic E-state index is 10.6. The first-order chi connectivity index (χ1) is 21.1. The van der Waals surface area contributed by atoms with Crippen molar-refractivity contribution in [3.05, 3.63) is 82.4 Å². The third kappa shape index (κ3) is 6.59. The van der Waals surface area contributed by atoms with Crippen molar-refractivity contribution < 1.29 is 19.3 Å². The minimum atomic E-state index is -0.302. The minimum absolute atomic E-state index is 0.0706. The maximum atomic E-state index is 10.6. The van der Waals surface area contributed by atoms with Crippen LogP contribution in [0.25, 0.3) is 6.08 Å².